The first-order valence-electron chi connectivity index (χ1n) is 12.6. The lowest BCUT2D eigenvalue weighted by Crippen LogP contribution is -2.64. The Morgan fingerprint density at radius 2 is 1.26 bits per heavy atom. The van der Waals surface area contributed by atoms with Gasteiger partial charge in [0.25, 0.3) is 0 Å². The van der Waals surface area contributed by atoms with Gasteiger partial charge in [-0.25, -0.2) is 4.79 Å². The summed E-state index contributed by atoms with van der Waals surface area (Å²) < 4.78 is 42.7. The highest BCUT2D eigenvalue weighted by Gasteiger charge is 2.56. The Labute approximate surface area is 239 Å². The van der Waals surface area contributed by atoms with E-state index < -0.39 is 110 Å². The van der Waals surface area contributed by atoms with Gasteiger partial charge in [0.15, 0.2) is 30.7 Å². The van der Waals surface area contributed by atoms with E-state index in [1.165, 1.54) is 0 Å². The van der Waals surface area contributed by atoms with Crippen molar-refractivity contribution in [1.29, 1.82) is 0 Å². The summed E-state index contributed by atoms with van der Waals surface area (Å²) in [7, 11) is 1.02. The van der Waals surface area contributed by atoms with Gasteiger partial charge in [-0.05, 0) is 12.0 Å². The smallest absolute Gasteiger partial charge is 0.339 e. The molecule has 2 rings (SSSR count). The fourth-order valence-electron chi connectivity index (χ4n) is 4.84. The van der Waals surface area contributed by atoms with Crippen LogP contribution in [0.1, 0.15) is 41.0 Å². The fourth-order valence-corrected chi connectivity index (χ4v) is 4.84. The zero-order valence-electron chi connectivity index (χ0n) is 23.7. The lowest BCUT2D eigenvalue weighted by molar-refractivity contribution is -0.267. The SMILES string of the molecule is COC(=O)[C@H]1O[C@H](O)[C@@H](N=[N+]=[N-])[C@@H](C[C@H]2O[C@H](COC(C)=O)[C@@H](OC(C)=O)[C@H](OC(C)=O)[C@@H]2OC(C)=O)[C@H]1OC(C)=O. The van der Waals surface area contributed by atoms with Crippen LogP contribution < -0.4 is 0 Å². The van der Waals surface area contributed by atoms with E-state index in [4.69, 9.17) is 37.9 Å². The highest BCUT2D eigenvalue weighted by Crippen LogP contribution is 2.38. The number of rotatable bonds is 10. The van der Waals surface area contributed by atoms with Crippen LogP contribution in [0.4, 0.5) is 0 Å². The molecule has 18 nitrogen and oxygen atoms in total. The summed E-state index contributed by atoms with van der Waals surface area (Å²) in [5.41, 5.74) is 9.18. The molecule has 2 aliphatic rings. The van der Waals surface area contributed by atoms with Gasteiger partial charge in [0.1, 0.15) is 18.8 Å². The van der Waals surface area contributed by atoms with E-state index in [0.717, 1.165) is 41.7 Å². The molecule has 0 aromatic carbocycles. The van der Waals surface area contributed by atoms with E-state index in [9.17, 15) is 39.4 Å². The Kier molecular flexibility index (Phi) is 12.5. The van der Waals surface area contributed by atoms with Gasteiger partial charge in [0.05, 0.1) is 19.3 Å². The van der Waals surface area contributed by atoms with Crippen LogP contribution in [0.2, 0.25) is 0 Å². The molecule has 2 aliphatic heterocycles. The second-order valence-electron chi connectivity index (χ2n) is 9.38. The van der Waals surface area contributed by atoms with Crippen molar-refractivity contribution in [3.63, 3.8) is 0 Å². The summed E-state index contributed by atoms with van der Waals surface area (Å²) >= 11 is 0. The van der Waals surface area contributed by atoms with Crippen molar-refractivity contribution in [3.8, 4) is 0 Å². The third-order valence-electron chi connectivity index (χ3n) is 6.25. The van der Waals surface area contributed by atoms with Crippen LogP contribution in [0.5, 0.6) is 0 Å². The van der Waals surface area contributed by atoms with Gasteiger partial charge in [-0.3, -0.25) is 24.0 Å². The quantitative estimate of drug-likeness (QED) is 0.110. The molecular formula is C24H33N3O15. The van der Waals surface area contributed by atoms with Gasteiger partial charge in [-0.2, -0.15) is 0 Å². The van der Waals surface area contributed by atoms with Gasteiger partial charge in [-0.1, -0.05) is 5.11 Å². The van der Waals surface area contributed by atoms with Gasteiger partial charge in [-0.15, -0.1) is 0 Å². The lowest BCUT2D eigenvalue weighted by atomic mass is 9.80. The Balaban J connectivity index is 2.68. The number of aliphatic hydroxyl groups excluding tert-OH is 1. The number of hydrogen-bond acceptors (Lipinski definition) is 16. The van der Waals surface area contributed by atoms with Gasteiger partial charge in [0, 0.05) is 45.4 Å². The molecule has 0 bridgehead atoms. The second-order valence-corrected chi connectivity index (χ2v) is 9.38. The molecule has 10 atom stereocenters. The zero-order valence-corrected chi connectivity index (χ0v) is 23.7. The van der Waals surface area contributed by atoms with Crippen LogP contribution in [0, 0.1) is 5.92 Å². The van der Waals surface area contributed by atoms with Crippen molar-refractivity contribution in [1.82, 2.24) is 0 Å². The molecule has 2 fully saturated rings. The van der Waals surface area contributed by atoms with E-state index in [0.29, 0.717) is 0 Å². The molecule has 0 aromatic rings. The van der Waals surface area contributed by atoms with E-state index in [-0.39, 0.29) is 0 Å². The first-order chi connectivity index (χ1) is 19.7. The molecule has 2 saturated heterocycles. The lowest BCUT2D eigenvalue weighted by Gasteiger charge is -2.47. The molecule has 0 saturated carbocycles. The maximum absolute atomic E-state index is 12.5. The second kappa shape index (κ2) is 15.3. The molecule has 0 amide bonds. The van der Waals surface area contributed by atoms with E-state index >= 15 is 0 Å². The standard InChI is InChI=1S/C24H33N3O15/c1-9(28)36-8-16-20(39-12(4)31)21(40-13(5)32)19(38-11(3)30)15(41-16)7-14-17(26-27-25)23(33)42-22(24(34)35-6)18(14)37-10(2)29/h14-23,33H,7-8H2,1-6H3/t14-,15-,16-,17+,18-,19-,20-,21-,22+,23+/m1/s1. The van der Waals surface area contributed by atoms with Crippen molar-refractivity contribution in [2.24, 2.45) is 11.0 Å². The van der Waals surface area contributed by atoms with E-state index in [2.05, 4.69) is 10.0 Å². The van der Waals surface area contributed by atoms with Crippen molar-refractivity contribution in [3.05, 3.63) is 10.4 Å². The first kappa shape index (κ1) is 34.2. The highest BCUT2D eigenvalue weighted by atomic mass is 16.7. The molecule has 0 radical (unpaired) electrons. The number of ether oxygens (including phenoxy) is 8. The summed E-state index contributed by atoms with van der Waals surface area (Å²) in [6.45, 7) is 4.78. The van der Waals surface area contributed by atoms with Crippen LogP contribution in [0.3, 0.4) is 0 Å². The van der Waals surface area contributed by atoms with Crippen LogP contribution >= 0.6 is 0 Å². The average Bonchev–Trinajstić information content (AvgIpc) is 2.88. The number of carbonyl (C=O) groups is 6. The van der Waals surface area contributed by atoms with Crippen molar-refractivity contribution in [2.75, 3.05) is 13.7 Å². The molecule has 1 N–H and O–H groups in total. The summed E-state index contributed by atoms with van der Waals surface area (Å²) in [4.78, 5) is 75.1. The third-order valence-corrected chi connectivity index (χ3v) is 6.25. The molecule has 0 spiro atoms. The summed E-state index contributed by atoms with van der Waals surface area (Å²) in [6.07, 6.45) is -12.6. The topological polar surface area (TPSA) is 245 Å². The maximum Gasteiger partial charge on any atom is 0.339 e. The number of hydrogen-bond donors (Lipinski definition) is 1. The van der Waals surface area contributed by atoms with Gasteiger partial charge >= 0.3 is 35.8 Å². The largest absolute Gasteiger partial charge is 0.467 e. The van der Waals surface area contributed by atoms with E-state index in [1.54, 1.807) is 0 Å². The monoisotopic (exact) mass is 603 g/mol. The molecule has 0 unspecified atom stereocenters. The van der Waals surface area contributed by atoms with Gasteiger partial charge < -0.3 is 43.0 Å². The molecule has 0 aromatic heterocycles. The number of esters is 6. The molecular weight excluding hydrogens is 570 g/mol. The van der Waals surface area contributed by atoms with Crippen molar-refractivity contribution >= 4 is 35.8 Å². The zero-order chi connectivity index (χ0) is 31.7. The number of nitrogens with zero attached hydrogens (tertiary/aromatic N) is 3. The van der Waals surface area contributed by atoms with Crippen LogP contribution in [0.15, 0.2) is 5.11 Å². The Morgan fingerprint density at radius 1 is 0.762 bits per heavy atom. The maximum atomic E-state index is 12.5. The predicted molar refractivity (Wildman–Crippen MR) is 131 cm³/mol. The van der Waals surface area contributed by atoms with E-state index in [1.807, 2.05) is 0 Å². The van der Waals surface area contributed by atoms with Crippen LogP contribution in [0.25, 0.3) is 10.4 Å². The third kappa shape index (κ3) is 9.01. The Hall–Kier alpha value is -3.99. The minimum atomic E-state index is -1.90. The average molecular weight is 604 g/mol. The Bertz CT molecular complexity index is 1090. The minimum absolute atomic E-state index is 0.408. The molecule has 18 heteroatoms. The summed E-state index contributed by atoms with van der Waals surface area (Å²) in [5, 5.41) is 14.2. The summed E-state index contributed by atoms with van der Waals surface area (Å²) in [6, 6.07) is -1.49. The fraction of sp³-hybridized carbons (Fsp3) is 0.750. The minimum Gasteiger partial charge on any atom is -0.467 e. The molecule has 234 valence electrons. The van der Waals surface area contributed by atoms with Gasteiger partial charge in [0.2, 0.25) is 0 Å². The molecule has 2 heterocycles. The highest BCUT2D eigenvalue weighted by molar-refractivity contribution is 5.76. The number of carbonyl (C=O) groups excluding carboxylic acids is 6. The van der Waals surface area contributed by atoms with Crippen LogP contribution in [-0.2, 0) is 66.7 Å². The number of azide groups is 1. The van der Waals surface area contributed by atoms with Crippen LogP contribution in [-0.4, -0.2) is 110 Å². The normalized spacial score (nSPS) is 32.3. The Morgan fingerprint density at radius 3 is 1.74 bits per heavy atom. The number of methoxy groups -OCH3 is 1. The number of aliphatic hydroxyl groups is 1. The van der Waals surface area contributed by atoms with Crippen molar-refractivity contribution < 1.29 is 71.8 Å². The first-order valence-corrected chi connectivity index (χ1v) is 12.6. The molecule has 0 aliphatic carbocycles. The summed E-state index contributed by atoms with van der Waals surface area (Å²) in [5.74, 6) is -6.47. The predicted octanol–water partition coefficient (Wildman–Crippen LogP) is -0.381. The molecule has 42 heavy (non-hydrogen) atoms. The van der Waals surface area contributed by atoms with Crippen molar-refractivity contribution in [2.45, 2.75) is 96.1 Å².